The third-order valence-corrected chi connectivity index (χ3v) is 5.34. The number of piperidine rings is 1. The van der Waals surface area contributed by atoms with Crippen LogP contribution in [0.15, 0.2) is 12.4 Å². The van der Waals surface area contributed by atoms with E-state index in [0.29, 0.717) is 17.7 Å². The van der Waals surface area contributed by atoms with E-state index in [1.54, 1.807) is 0 Å². The van der Waals surface area contributed by atoms with Crippen LogP contribution in [0.3, 0.4) is 0 Å². The molecule has 1 saturated heterocycles. The van der Waals surface area contributed by atoms with Crippen LogP contribution in [0.25, 0.3) is 0 Å². The van der Waals surface area contributed by atoms with Gasteiger partial charge in [0.15, 0.2) is 0 Å². The molecule has 2 fully saturated rings. The molecule has 3 rings (SSSR count). The molecule has 5 nitrogen and oxygen atoms in total. The predicted octanol–water partition coefficient (Wildman–Crippen LogP) is 2.34. The van der Waals surface area contributed by atoms with E-state index in [1.165, 1.54) is 12.8 Å². The van der Waals surface area contributed by atoms with Crippen LogP contribution >= 0.6 is 0 Å². The molecule has 1 unspecified atom stereocenters. The van der Waals surface area contributed by atoms with Gasteiger partial charge in [-0.3, -0.25) is 4.79 Å². The van der Waals surface area contributed by atoms with Crippen LogP contribution in [-0.4, -0.2) is 59.0 Å². The molecule has 0 N–H and O–H groups in total. The molecule has 1 aliphatic carbocycles. The van der Waals surface area contributed by atoms with Crippen molar-refractivity contribution in [2.24, 2.45) is 5.92 Å². The number of hydrogen-bond acceptors (Lipinski definition) is 3. The second-order valence-corrected chi connectivity index (χ2v) is 7.39. The molecule has 2 heterocycles. The standard InChI is InChI=1S/C18H30N4O/c1-20(2)12-13-21-11-9-19-17(21)16-8-5-10-22(14-16)18(23)15-6-3-4-7-15/h9,11,15-16H,3-8,10,12-14H2,1-2H3. The fourth-order valence-corrected chi connectivity index (χ4v) is 4.00. The third-order valence-electron chi connectivity index (χ3n) is 5.34. The maximum absolute atomic E-state index is 12.7. The molecule has 0 bridgehead atoms. The lowest BCUT2D eigenvalue weighted by Crippen LogP contribution is -2.42. The molecule has 0 spiro atoms. The Kier molecular flexibility index (Phi) is 5.36. The molecule has 5 heteroatoms. The minimum atomic E-state index is 0.294. The van der Waals surface area contributed by atoms with Crippen molar-refractivity contribution >= 4 is 5.91 Å². The quantitative estimate of drug-likeness (QED) is 0.837. The number of hydrogen-bond donors (Lipinski definition) is 0. The second kappa shape index (κ2) is 7.47. The first kappa shape index (κ1) is 16.5. The van der Waals surface area contributed by atoms with Gasteiger partial charge in [0.1, 0.15) is 5.82 Å². The highest BCUT2D eigenvalue weighted by Gasteiger charge is 2.32. The van der Waals surface area contributed by atoms with Crippen LogP contribution < -0.4 is 0 Å². The number of aromatic nitrogens is 2. The molecule has 1 amide bonds. The van der Waals surface area contributed by atoms with Crippen LogP contribution in [-0.2, 0) is 11.3 Å². The normalized spacial score (nSPS) is 22.9. The fraction of sp³-hybridized carbons (Fsp3) is 0.778. The van der Waals surface area contributed by atoms with Crippen molar-refractivity contribution in [2.75, 3.05) is 33.7 Å². The predicted molar refractivity (Wildman–Crippen MR) is 91.3 cm³/mol. The lowest BCUT2D eigenvalue weighted by Gasteiger charge is -2.34. The number of amides is 1. The Labute approximate surface area is 139 Å². The van der Waals surface area contributed by atoms with Crippen molar-refractivity contribution in [1.82, 2.24) is 19.4 Å². The van der Waals surface area contributed by atoms with Crippen LogP contribution in [0.4, 0.5) is 0 Å². The molecular weight excluding hydrogens is 288 g/mol. The van der Waals surface area contributed by atoms with Crippen molar-refractivity contribution in [1.29, 1.82) is 0 Å². The summed E-state index contributed by atoms with van der Waals surface area (Å²) in [5, 5.41) is 0. The summed E-state index contributed by atoms with van der Waals surface area (Å²) in [5.41, 5.74) is 0. The second-order valence-electron chi connectivity index (χ2n) is 7.39. The van der Waals surface area contributed by atoms with Crippen molar-refractivity contribution < 1.29 is 4.79 Å². The maximum Gasteiger partial charge on any atom is 0.225 e. The Morgan fingerprint density at radius 1 is 1.26 bits per heavy atom. The largest absolute Gasteiger partial charge is 0.342 e. The van der Waals surface area contributed by atoms with E-state index in [4.69, 9.17) is 0 Å². The van der Waals surface area contributed by atoms with E-state index >= 15 is 0 Å². The van der Waals surface area contributed by atoms with Gasteiger partial charge in [-0.15, -0.1) is 0 Å². The Morgan fingerprint density at radius 3 is 2.78 bits per heavy atom. The first-order valence-electron chi connectivity index (χ1n) is 9.09. The third kappa shape index (κ3) is 3.94. The van der Waals surface area contributed by atoms with Gasteiger partial charge in [0.05, 0.1) is 0 Å². The highest BCUT2D eigenvalue weighted by atomic mass is 16.2. The van der Waals surface area contributed by atoms with Gasteiger partial charge in [-0.1, -0.05) is 12.8 Å². The van der Waals surface area contributed by atoms with Crippen molar-refractivity contribution in [3.63, 3.8) is 0 Å². The summed E-state index contributed by atoms with van der Waals surface area (Å²) in [7, 11) is 4.19. The van der Waals surface area contributed by atoms with Gasteiger partial charge in [0, 0.05) is 50.4 Å². The van der Waals surface area contributed by atoms with E-state index in [-0.39, 0.29) is 0 Å². The number of likely N-dealkylation sites (tertiary alicyclic amines) is 1. The summed E-state index contributed by atoms with van der Waals surface area (Å²) in [4.78, 5) is 21.6. The topological polar surface area (TPSA) is 41.4 Å². The summed E-state index contributed by atoms with van der Waals surface area (Å²) in [6.07, 6.45) is 10.9. The smallest absolute Gasteiger partial charge is 0.225 e. The highest BCUT2D eigenvalue weighted by molar-refractivity contribution is 5.79. The summed E-state index contributed by atoms with van der Waals surface area (Å²) < 4.78 is 2.27. The van der Waals surface area contributed by atoms with E-state index < -0.39 is 0 Å². The Morgan fingerprint density at radius 2 is 2.04 bits per heavy atom. The summed E-state index contributed by atoms with van der Waals surface area (Å²) >= 11 is 0. The number of imidazole rings is 1. The van der Waals surface area contributed by atoms with Crippen LogP contribution in [0, 0.1) is 5.92 Å². The lowest BCUT2D eigenvalue weighted by atomic mass is 9.95. The zero-order valence-electron chi connectivity index (χ0n) is 14.6. The molecule has 0 aromatic carbocycles. The SMILES string of the molecule is CN(C)CCn1ccnc1C1CCCN(C(=O)C2CCCC2)C1. The Hall–Kier alpha value is -1.36. The molecular formula is C18H30N4O. The molecule has 1 atom stereocenters. The summed E-state index contributed by atoms with van der Waals surface area (Å²) in [6.45, 7) is 3.77. The van der Waals surface area contributed by atoms with E-state index in [0.717, 1.165) is 57.7 Å². The van der Waals surface area contributed by atoms with Crippen molar-refractivity contribution in [3.8, 4) is 0 Å². The molecule has 128 valence electrons. The van der Waals surface area contributed by atoms with E-state index in [2.05, 4.69) is 39.6 Å². The fourth-order valence-electron chi connectivity index (χ4n) is 4.00. The van der Waals surface area contributed by atoms with Gasteiger partial charge in [-0.05, 0) is 39.8 Å². The molecule has 1 aromatic heterocycles. The highest BCUT2D eigenvalue weighted by Crippen LogP contribution is 2.31. The van der Waals surface area contributed by atoms with Crippen LogP contribution in [0.1, 0.15) is 50.3 Å². The number of likely N-dealkylation sites (N-methyl/N-ethyl adjacent to an activating group) is 1. The average Bonchev–Trinajstić information content (AvgIpc) is 3.23. The number of nitrogens with zero attached hydrogens (tertiary/aromatic N) is 4. The monoisotopic (exact) mass is 318 g/mol. The van der Waals surface area contributed by atoms with Gasteiger partial charge in [-0.25, -0.2) is 4.98 Å². The molecule has 1 aromatic rings. The zero-order valence-corrected chi connectivity index (χ0v) is 14.6. The average molecular weight is 318 g/mol. The van der Waals surface area contributed by atoms with Gasteiger partial charge >= 0.3 is 0 Å². The van der Waals surface area contributed by atoms with E-state index in [9.17, 15) is 4.79 Å². The van der Waals surface area contributed by atoms with Crippen molar-refractivity contribution in [2.45, 2.75) is 51.0 Å². The molecule has 1 saturated carbocycles. The minimum absolute atomic E-state index is 0.294. The van der Waals surface area contributed by atoms with Gasteiger partial charge < -0.3 is 14.4 Å². The van der Waals surface area contributed by atoms with Crippen molar-refractivity contribution in [3.05, 3.63) is 18.2 Å². The summed E-state index contributed by atoms with van der Waals surface area (Å²) in [5.74, 6) is 2.25. The Balaban J connectivity index is 1.64. The number of rotatable bonds is 5. The zero-order chi connectivity index (χ0) is 16.2. The molecule has 23 heavy (non-hydrogen) atoms. The Bertz CT molecular complexity index is 519. The van der Waals surface area contributed by atoms with Crippen LogP contribution in [0.5, 0.6) is 0 Å². The van der Waals surface area contributed by atoms with Gasteiger partial charge in [-0.2, -0.15) is 0 Å². The van der Waals surface area contributed by atoms with Crippen LogP contribution in [0.2, 0.25) is 0 Å². The first-order valence-corrected chi connectivity index (χ1v) is 9.09. The lowest BCUT2D eigenvalue weighted by molar-refractivity contribution is -0.136. The summed E-state index contributed by atoms with van der Waals surface area (Å²) in [6, 6.07) is 0. The number of carbonyl (C=O) groups is 1. The van der Waals surface area contributed by atoms with E-state index in [1.807, 2.05) is 6.20 Å². The molecule has 2 aliphatic rings. The maximum atomic E-state index is 12.7. The van der Waals surface area contributed by atoms with Gasteiger partial charge in [0.2, 0.25) is 5.91 Å². The first-order chi connectivity index (χ1) is 11.1. The minimum Gasteiger partial charge on any atom is -0.342 e. The molecule has 1 aliphatic heterocycles. The van der Waals surface area contributed by atoms with Gasteiger partial charge in [0.25, 0.3) is 0 Å². The number of carbonyl (C=O) groups excluding carboxylic acids is 1. The molecule has 0 radical (unpaired) electrons.